The summed E-state index contributed by atoms with van der Waals surface area (Å²) >= 11 is 1.63. The second-order valence-electron chi connectivity index (χ2n) is 5.16. The van der Waals surface area contributed by atoms with Crippen LogP contribution < -0.4 is 10.1 Å². The van der Waals surface area contributed by atoms with E-state index in [9.17, 15) is 4.79 Å². The Kier molecular flexibility index (Phi) is 4.20. The second kappa shape index (κ2) is 6.26. The zero-order valence-corrected chi connectivity index (χ0v) is 12.8. The molecule has 1 aliphatic rings. The predicted molar refractivity (Wildman–Crippen MR) is 84.3 cm³/mol. The fourth-order valence-corrected chi connectivity index (χ4v) is 3.70. The van der Waals surface area contributed by atoms with Crippen LogP contribution in [0.2, 0.25) is 0 Å². The Morgan fingerprint density at radius 2 is 2.14 bits per heavy atom. The van der Waals surface area contributed by atoms with Gasteiger partial charge in [-0.2, -0.15) is 0 Å². The van der Waals surface area contributed by atoms with E-state index in [1.54, 1.807) is 36.8 Å². The van der Waals surface area contributed by atoms with E-state index in [4.69, 9.17) is 4.74 Å². The number of hydrogen-bond donors (Lipinski definition) is 1. The average molecular weight is 302 g/mol. The molecule has 3 rings (SSSR count). The molecule has 0 aliphatic heterocycles. The SMILES string of the molecule is COc1ccc(NC(=O)c2cc3c(s2)CCCCC3)cn1. The minimum absolute atomic E-state index is 0.0555. The number of pyridine rings is 1. The minimum atomic E-state index is -0.0555. The molecule has 1 amide bonds. The van der Waals surface area contributed by atoms with Gasteiger partial charge < -0.3 is 10.1 Å². The summed E-state index contributed by atoms with van der Waals surface area (Å²) in [6, 6.07) is 5.58. The van der Waals surface area contributed by atoms with Crippen molar-refractivity contribution in [2.75, 3.05) is 12.4 Å². The Balaban J connectivity index is 1.72. The van der Waals surface area contributed by atoms with Crippen LogP contribution in [0.3, 0.4) is 0 Å². The first-order valence-corrected chi connectivity index (χ1v) is 8.01. The van der Waals surface area contributed by atoms with Crippen molar-refractivity contribution in [3.63, 3.8) is 0 Å². The Bertz CT molecular complexity index is 611. The van der Waals surface area contributed by atoms with E-state index in [2.05, 4.69) is 16.4 Å². The summed E-state index contributed by atoms with van der Waals surface area (Å²) in [6.07, 6.45) is 7.57. The fraction of sp³-hybridized carbons (Fsp3) is 0.375. The summed E-state index contributed by atoms with van der Waals surface area (Å²) in [5.74, 6) is 0.482. The van der Waals surface area contributed by atoms with Gasteiger partial charge in [-0.25, -0.2) is 4.98 Å². The summed E-state index contributed by atoms with van der Waals surface area (Å²) in [7, 11) is 1.57. The van der Waals surface area contributed by atoms with Gasteiger partial charge >= 0.3 is 0 Å². The highest BCUT2D eigenvalue weighted by molar-refractivity contribution is 7.14. The van der Waals surface area contributed by atoms with Gasteiger partial charge in [0.2, 0.25) is 5.88 Å². The number of rotatable bonds is 3. The number of hydrogen-bond acceptors (Lipinski definition) is 4. The van der Waals surface area contributed by atoms with Gasteiger partial charge in [-0.15, -0.1) is 11.3 Å². The van der Waals surface area contributed by atoms with Crippen molar-refractivity contribution in [2.45, 2.75) is 32.1 Å². The Labute approximate surface area is 128 Å². The van der Waals surface area contributed by atoms with E-state index in [0.717, 1.165) is 17.7 Å². The van der Waals surface area contributed by atoms with E-state index in [1.165, 1.54) is 29.7 Å². The number of fused-ring (bicyclic) bond motifs is 1. The first-order chi connectivity index (χ1) is 10.3. The van der Waals surface area contributed by atoms with E-state index in [0.29, 0.717) is 11.6 Å². The van der Waals surface area contributed by atoms with Crippen LogP contribution in [0, 0.1) is 0 Å². The van der Waals surface area contributed by atoms with Crippen LogP contribution in [-0.4, -0.2) is 18.0 Å². The second-order valence-corrected chi connectivity index (χ2v) is 6.30. The standard InChI is InChI=1S/C16H18N2O2S/c1-20-15-8-7-12(10-17-15)18-16(19)14-9-11-5-3-2-4-6-13(11)21-14/h7-10H,2-6H2,1H3,(H,18,19). The third-order valence-electron chi connectivity index (χ3n) is 3.67. The van der Waals surface area contributed by atoms with Gasteiger partial charge in [0.25, 0.3) is 5.91 Å². The molecular weight excluding hydrogens is 284 g/mol. The van der Waals surface area contributed by atoms with Gasteiger partial charge in [-0.05, 0) is 43.4 Å². The normalized spacial score (nSPS) is 14.1. The molecule has 0 saturated carbocycles. The van der Waals surface area contributed by atoms with Gasteiger partial charge in [0, 0.05) is 10.9 Å². The smallest absolute Gasteiger partial charge is 0.265 e. The molecule has 0 fully saturated rings. The maximum Gasteiger partial charge on any atom is 0.265 e. The molecule has 1 N–H and O–H groups in total. The van der Waals surface area contributed by atoms with Crippen LogP contribution >= 0.6 is 11.3 Å². The lowest BCUT2D eigenvalue weighted by atomic mass is 10.1. The van der Waals surface area contributed by atoms with Gasteiger partial charge in [0.05, 0.1) is 23.9 Å². The van der Waals surface area contributed by atoms with Crippen molar-refractivity contribution in [1.29, 1.82) is 0 Å². The number of ether oxygens (including phenoxy) is 1. The van der Waals surface area contributed by atoms with Crippen LogP contribution in [0.25, 0.3) is 0 Å². The molecule has 21 heavy (non-hydrogen) atoms. The number of nitrogens with zero attached hydrogens (tertiary/aromatic N) is 1. The Morgan fingerprint density at radius 1 is 1.29 bits per heavy atom. The third-order valence-corrected chi connectivity index (χ3v) is 4.91. The number of anilines is 1. The number of nitrogens with one attached hydrogen (secondary N) is 1. The van der Waals surface area contributed by atoms with Crippen molar-refractivity contribution in [3.05, 3.63) is 39.7 Å². The first kappa shape index (κ1) is 14.1. The molecule has 0 aromatic carbocycles. The monoisotopic (exact) mass is 302 g/mol. The summed E-state index contributed by atoms with van der Waals surface area (Å²) < 4.78 is 5.00. The molecule has 0 unspecified atom stereocenters. The van der Waals surface area contributed by atoms with E-state index < -0.39 is 0 Å². The van der Waals surface area contributed by atoms with Crippen molar-refractivity contribution < 1.29 is 9.53 Å². The number of thiophene rings is 1. The minimum Gasteiger partial charge on any atom is -0.481 e. The lowest BCUT2D eigenvalue weighted by Gasteiger charge is -2.04. The van der Waals surface area contributed by atoms with Crippen LogP contribution in [0.15, 0.2) is 24.4 Å². The molecule has 2 aromatic rings. The van der Waals surface area contributed by atoms with Crippen LogP contribution in [0.5, 0.6) is 5.88 Å². The Morgan fingerprint density at radius 3 is 2.90 bits per heavy atom. The molecular formula is C16H18N2O2S. The zero-order chi connectivity index (χ0) is 14.7. The lowest BCUT2D eigenvalue weighted by molar-refractivity contribution is 0.103. The van der Waals surface area contributed by atoms with Gasteiger partial charge in [0.15, 0.2) is 0 Å². The molecule has 2 aromatic heterocycles. The third kappa shape index (κ3) is 3.24. The van der Waals surface area contributed by atoms with Gasteiger partial charge in [-0.1, -0.05) is 6.42 Å². The maximum absolute atomic E-state index is 12.3. The van der Waals surface area contributed by atoms with Gasteiger partial charge in [-0.3, -0.25) is 4.79 Å². The largest absolute Gasteiger partial charge is 0.481 e. The van der Waals surface area contributed by atoms with E-state index in [-0.39, 0.29) is 5.91 Å². The summed E-state index contributed by atoms with van der Waals surface area (Å²) in [5, 5.41) is 2.89. The van der Waals surface area contributed by atoms with Gasteiger partial charge in [0.1, 0.15) is 0 Å². The number of methoxy groups -OCH3 is 1. The van der Waals surface area contributed by atoms with Crippen molar-refractivity contribution in [2.24, 2.45) is 0 Å². The van der Waals surface area contributed by atoms with Crippen molar-refractivity contribution >= 4 is 22.9 Å². The highest BCUT2D eigenvalue weighted by atomic mass is 32.1. The quantitative estimate of drug-likeness (QED) is 0.880. The van der Waals surface area contributed by atoms with Crippen molar-refractivity contribution in [1.82, 2.24) is 4.98 Å². The fourth-order valence-electron chi connectivity index (χ4n) is 2.55. The first-order valence-electron chi connectivity index (χ1n) is 7.19. The summed E-state index contributed by atoms with van der Waals surface area (Å²) in [5.41, 5.74) is 2.04. The molecule has 0 radical (unpaired) electrons. The lowest BCUT2D eigenvalue weighted by Crippen LogP contribution is -2.10. The summed E-state index contributed by atoms with van der Waals surface area (Å²) in [4.78, 5) is 18.6. The highest BCUT2D eigenvalue weighted by Crippen LogP contribution is 2.29. The molecule has 5 heteroatoms. The number of carbonyl (C=O) groups is 1. The average Bonchev–Trinajstić information content (AvgIpc) is 2.79. The van der Waals surface area contributed by atoms with Crippen LogP contribution in [0.1, 0.15) is 39.4 Å². The molecule has 2 heterocycles. The van der Waals surface area contributed by atoms with Crippen LogP contribution in [-0.2, 0) is 12.8 Å². The predicted octanol–water partition coefficient (Wildman–Crippen LogP) is 3.67. The van der Waals surface area contributed by atoms with Crippen LogP contribution in [0.4, 0.5) is 5.69 Å². The Hall–Kier alpha value is -1.88. The molecule has 0 bridgehead atoms. The molecule has 1 aliphatic carbocycles. The van der Waals surface area contributed by atoms with Crippen molar-refractivity contribution in [3.8, 4) is 5.88 Å². The molecule has 0 spiro atoms. The molecule has 4 nitrogen and oxygen atoms in total. The van der Waals surface area contributed by atoms with E-state index >= 15 is 0 Å². The molecule has 0 saturated heterocycles. The zero-order valence-electron chi connectivity index (χ0n) is 12.0. The summed E-state index contributed by atoms with van der Waals surface area (Å²) in [6.45, 7) is 0. The number of carbonyl (C=O) groups excluding carboxylic acids is 1. The highest BCUT2D eigenvalue weighted by Gasteiger charge is 2.16. The topological polar surface area (TPSA) is 51.2 Å². The van der Waals surface area contributed by atoms with E-state index in [1.807, 2.05) is 0 Å². The molecule has 110 valence electrons. The number of aryl methyl sites for hydroxylation is 2. The maximum atomic E-state index is 12.3. The number of amides is 1. The molecule has 0 atom stereocenters. The number of aromatic nitrogens is 1.